The fourth-order valence-corrected chi connectivity index (χ4v) is 3.23. The summed E-state index contributed by atoms with van der Waals surface area (Å²) < 4.78 is 28.0. The lowest BCUT2D eigenvalue weighted by atomic mass is 9.98. The van der Waals surface area contributed by atoms with Crippen LogP contribution in [-0.4, -0.2) is 63.9 Å². The molecule has 0 unspecified atom stereocenters. The highest BCUT2D eigenvalue weighted by Crippen LogP contribution is 2.19. The van der Waals surface area contributed by atoms with E-state index in [4.69, 9.17) is 35.2 Å². The topological polar surface area (TPSA) is 111 Å². The Morgan fingerprint density at radius 2 is 1.36 bits per heavy atom. The second kappa shape index (κ2) is 16.6. The van der Waals surface area contributed by atoms with Crippen LogP contribution < -0.4 is 16.2 Å². The summed E-state index contributed by atoms with van der Waals surface area (Å²) in [6.45, 7) is 8.05. The van der Waals surface area contributed by atoms with E-state index in [1.807, 2.05) is 26.0 Å². The molecule has 8 nitrogen and oxygen atoms in total. The van der Waals surface area contributed by atoms with Gasteiger partial charge >= 0.3 is 0 Å². The van der Waals surface area contributed by atoms with Crippen LogP contribution in [0.25, 0.3) is 0 Å². The van der Waals surface area contributed by atoms with Crippen molar-refractivity contribution in [1.82, 2.24) is 4.98 Å². The van der Waals surface area contributed by atoms with Crippen molar-refractivity contribution in [3.05, 3.63) is 47.5 Å². The van der Waals surface area contributed by atoms with Crippen molar-refractivity contribution in [3.8, 4) is 5.75 Å². The smallest absolute Gasteiger partial charge is 0.137 e. The van der Waals surface area contributed by atoms with Crippen LogP contribution in [0.5, 0.6) is 5.75 Å². The molecule has 0 fully saturated rings. The molecule has 1 aliphatic carbocycles. The van der Waals surface area contributed by atoms with Gasteiger partial charge in [-0.05, 0) is 51.3 Å². The molecule has 1 aliphatic rings. The monoisotopic (exact) mass is 463 g/mol. The third-order valence-corrected chi connectivity index (χ3v) is 5.19. The highest BCUT2D eigenvalue weighted by molar-refractivity contribution is 5.21. The van der Waals surface area contributed by atoms with E-state index in [0.29, 0.717) is 58.6 Å². The van der Waals surface area contributed by atoms with Gasteiger partial charge in [0.1, 0.15) is 19.0 Å². The number of hydrogen-bond acceptors (Lipinski definition) is 8. The lowest BCUT2D eigenvalue weighted by Crippen LogP contribution is -2.18. The third-order valence-electron chi connectivity index (χ3n) is 5.19. The Morgan fingerprint density at radius 3 is 1.94 bits per heavy atom. The Hall–Kier alpha value is -1.97. The first kappa shape index (κ1) is 27.3. The molecule has 186 valence electrons. The summed E-state index contributed by atoms with van der Waals surface area (Å²) in [6.07, 6.45) is 10.2. The summed E-state index contributed by atoms with van der Waals surface area (Å²) in [5.41, 5.74) is 13.9. The van der Waals surface area contributed by atoms with E-state index in [-0.39, 0.29) is 12.1 Å². The Kier molecular flexibility index (Phi) is 13.7. The van der Waals surface area contributed by atoms with E-state index in [0.717, 1.165) is 37.1 Å². The maximum atomic E-state index is 6.00. The van der Waals surface area contributed by atoms with Crippen molar-refractivity contribution >= 4 is 0 Å². The Labute approximate surface area is 198 Å². The van der Waals surface area contributed by atoms with Gasteiger partial charge in [-0.25, -0.2) is 0 Å². The van der Waals surface area contributed by atoms with Crippen LogP contribution in [0.4, 0.5) is 0 Å². The van der Waals surface area contributed by atoms with Crippen LogP contribution in [0.3, 0.4) is 0 Å². The number of hydrogen-bond donors (Lipinski definition) is 2. The molecule has 0 saturated heterocycles. The number of aromatic nitrogens is 1. The quantitative estimate of drug-likeness (QED) is 0.359. The van der Waals surface area contributed by atoms with Crippen molar-refractivity contribution in [3.63, 3.8) is 0 Å². The van der Waals surface area contributed by atoms with Gasteiger partial charge in [0.2, 0.25) is 0 Å². The minimum atomic E-state index is -0.0817. The minimum absolute atomic E-state index is 0.0817. The fraction of sp³-hybridized carbons (Fsp3) is 0.640. The van der Waals surface area contributed by atoms with Crippen molar-refractivity contribution in [2.75, 3.05) is 52.9 Å². The lowest BCUT2D eigenvalue weighted by molar-refractivity contribution is 0.000741. The van der Waals surface area contributed by atoms with Gasteiger partial charge < -0.3 is 35.2 Å². The molecular weight excluding hydrogens is 422 g/mol. The van der Waals surface area contributed by atoms with E-state index in [1.54, 1.807) is 6.20 Å². The number of ether oxygens (including phenoxy) is 5. The van der Waals surface area contributed by atoms with Gasteiger partial charge in [-0.1, -0.05) is 11.6 Å². The standard InChI is InChI=1S/C25H41N3O5/c1-20(26)22-5-3-4-6-23(8-7-22)32-17-15-30-13-11-29-12-14-31-16-18-33-24-9-10-25(21(2)27)28-19-24/h7-10,19-21H,3-6,11-18,26-27H2,1-2H3/b22-7+,23-8+/t20-,21-/m0/s1. The molecule has 1 aromatic heterocycles. The molecule has 0 aliphatic heterocycles. The molecule has 2 rings (SSSR count). The Morgan fingerprint density at radius 1 is 0.758 bits per heavy atom. The lowest BCUT2D eigenvalue weighted by Gasteiger charge is -2.16. The molecule has 2 atom stereocenters. The maximum Gasteiger partial charge on any atom is 0.137 e. The van der Waals surface area contributed by atoms with Gasteiger partial charge in [0, 0.05) is 18.5 Å². The van der Waals surface area contributed by atoms with Gasteiger partial charge in [0.15, 0.2) is 0 Å². The van der Waals surface area contributed by atoms with Gasteiger partial charge in [0.25, 0.3) is 0 Å². The van der Waals surface area contributed by atoms with Crippen molar-refractivity contribution in [1.29, 1.82) is 0 Å². The summed E-state index contributed by atoms with van der Waals surface area (Å²) in [5, 5.41) is 0. The highest BCUT2D eigenvalue weighted by atomic mass is 16.6. The first-order chi connectivity index (χ1) is 16.1. The predicted octanol–water partition coefficient (Wildman–Crippen LogP) is 3.28. The zero-order chi connectivity index (χ0) is 23.7. The third kappa shape index (κ3) is 12.2. The molecule has 0 bridgehead atoms. The zero-order valence-electron chi connectivity index (χ0n) is 20.2. The van der Waals surface area contributed by atoms with E-state index in [2.05, 4.69) is 17.1 Å². The fourth-order valence-electron chi connectivity index (χ4n) is 3.23. The average Bonchev–Trinajstić information content (AvgIpc) is 2.78. The van der Waals surface area contributed by atoms with Gasteiger partial charge in [-0.2, -0.15) is 0 Å². The average molecular weight is 464 g/mol. The molecule has 33 heavy (non-hydrogen) atoms. The molecule has 0 aromatic carbocycles. The van der Waals surface area contributed by atoms with E-state index in [9.17, 15) is 0 Å². The first-order valence-corrected chi connectivity index (χ1v) is 11.9. The van der Waals surface area contributed by atoms with Crippen molar-refractivity contribution < 1.29 is 23.7 Å². The highest BCUT2D eigenvalue weighted by Gasteiger charge is 2.08. The van der Waals surface area contributed by atoms with Gasteiger partial charge in [-0.3, -0.25) is 4.98 Å². The number of rotatable bonds is 16. The molecule has 4 N–H and O–H groups in total. The molecule has 1 aromatic rings. The molecular formula is C25H41N3O5. The number of nitrogens with zero attached hydrogens (tertiary/aromatic N) is 1. The summed E-state index contributed by atoms with van der Waals surface area (Å²) in [7, 11) is 0. The van der Waals surface area contributed by atoms with E-state index >= 15 is 0 Å². The summed E-state index contributed by atoms with van der Waals surface area (Å²) in [4.78, 5) is 4.25. The first-order valence-electron chi connectivity index (χ1n) is 11.9. The summed E-state index contributed by atoms with van der Waals surface area (Å²) in [6, 6.07) is 3.75. The van der Waals surface area contributed by atoms with Gasteiger partial charge in [0.05, 0.1) is 57.3 Å². The molecule has 0 spiro atoms. The number of nitrogens with two attached hydrogens (primary N) is 2. The van der Waals surface area contributed by atoms with Crippen LogP contribution in [0.15, 0.2) is 41.8 Å². The summed E-state index contributed by atoms with van der Waals surface area (Å²) >= 11 is 0. The minimum Gasteiger partial charge on any atom is -0.496 e. The molecule has 8 heteroatoms. The van der Waals surface area contributed by atoms with Crippen LogP contribution in [0, 0.1) is 0 Å². The van der Waals surface area contributed by atoms with Crippen LogP contribution in [0.2, 0.25) is 0 Å². The van der Waals surface area contributed by atoms with Crippen LogP contribution >= 0.6 is 0 Å². The molecule has 1 heterocycles. The largest absolute Gasteiger partial charge is 0.496 e. The van der Waals surface area contributed by atoms with Gasteiger partial charge in [-0.15, -0.1) is 0 Å². The number of pyridine rings is 1. The van der Waals surface area contributed by atoms with Crippen LogP contribution in [-0.2, 0) is 18.9 Å². The molecule has 0 radical (unpaired) electrons. The molecule has 0 saturated carbocycles. The molecule has 0 amide bonds. The SMILES string of the molecule is C[C@H](N)/C1=C/C=C(/OCCOCCOCCOCCOc2ccc([C@H](C)N)nc2)CCCC1. The normalized spacial score (nSPS) is 19.4. The zero-order valence-corrected chi connectivity index (χ0v) is 20.2. The second-order valence-electron chi connectivity index (χ2n) is 8.11. The second-order valence-corrected chi connectivity index (χ2v) is 8.11. The Bertz CT molecular complexity index is 704. The Balaban J connectivity index is 1.40. The van der Waals surface area contributed by atoms with Crippen molar-refractivity contribution in [2.45, 2.75) is 51.6 Å². The van der Waals surface area contributed by atoms with E-state index in [1.165, 1.54) is 5.57 Å². The summed E-state index contributed by atoms with van der Waals surface area (Å²) in [5.74, 6) is 1.71. The number of allylic oxidation sites excluding steroid dienone is 3. The van der Waals surface area contributed by atoms with Crippen molar-refractivity contribution in [2.24, 2.45) is 11.5 Å². The predicted molar refractivity (Wildman–Crippen MR) is 129 cm³/mol. The maximum absolute atomic E-state index is 6.00. The van der Waals surface area contributed by atoms with E-state index < -0.39 is 0 Å². The van der Waals surface area contributed by atoms with Crippen LogP contribution in [0.1, 0.15) is 51.3 Å².